The third kappa shape index (κ3) is 2.94. The highest BCUT2D eigenvalue weighted by molar-refractivity contribution is 5.71. The summed E-state index contributed by atoms with van der Waals surface area (Å²) in [5.41, 5.74) is 0.505. The molecule has 2 unspecified atom stereocenters. The zero-order valence-corrected chi connectivity index (χ0v) is 10.0. The first-order valence-electron chi connectivity index (χ1n) is 5.24. The van der Waals surface area contributed by atoms with Gasteiger partial charge in [0.15, 0.2) is 0 Å². The number of aliphatic carboxylic acids is 1. The summed E-state index contributed by atoms with van der Waals surface area (Å²) in [5, 5.41) is 11.9. The molecule has 2 atom stereocenters. The quantitative estimate of drug-likeness (QED) is 0.825. The third-order valence-electron chi connectivity index (χ3n) is 2.73. The SMILES string of the molecule is CNC(c1cc(F)ccc1OC)C(C)C(=O)O. The van der Waals surface area contributed by atoms with Crippen molar-refractivity contribution in [2.75, 3.05) is 14.2 Å². The first-order valence-corrected chi connectivity index (χ1v) is 5.24. The minimum atomic E-state index is -0.948. The normalized spacial score (nSPS) is 14.1. The van der Waals surface area contributed by atoms with Gasteiger partial charge < -0.3 is 15.2 Å². The standard InChI is InChI=1S/C12H16FNO3/c1-7(12(15)16)11(14-2)9-6-8(13)4-5-10(9)17-3/h4-7,11,14H,1-3H3,(H,15,16). The van der Waals surface area contributed by atoms with Gasteiger partial charge in [-0.3, -0.25) is 4.79 Å². The van der Waals surface area contributed by atoms with Gasteiger partial charge in [-0.05, 0) is 25.2 Å². The molecule has 0 fully saturated rings. The molecule has 0 saturated heterocycles. The van der Waals surface area contributed by atoms with Crippen LogP contribution in [-0.4, -0.2) is 25.2 Å². The second kappa shape index (κ2) is 5.63. The molecule has 17 heavy (non-hydrogen) atoms. The van der Waals surface area contributed by atoms with E-state index in [9.17, 15) is 9.18 Å². The smallest absolute Gasteiger partial charge is 0.308 e. The van der Waals surface area contributed by atoms with Crippen LogP contribution in [0.4, 0.5) is 4.39 Å². The van der Waals surface area contributed by atoms with E-state index in [0.29, 0.717) is 11.3 Å². The van der Waals surface area contributed by atoms with Crippen LogP contribution in [0.3, 0.4) is 0 Å². The summed E-state index contributed by atoms with van der Waals surface area (Å²) in [6.07, 6.45) is 0. The van der Waals surface area contributed by atoms with Gasteiger partial charge >= 0.3 is 5.97 Å². The van der Waals surface area contributed by atoms with Gasteiger partial charge in [0, 0.05) is 11.6 Å². The molecule has 0 aliphatic rings. The molecule has 0 heterocycles. The molecule has 0 aliphatic heterocycles. The third-order valence-corrected chi connectivity index (χ3v) is 2.73. The molecule has 0 bridgehead atoms. The van der Waals surface area contributed by atoms with Crippen molar-refractivity contribution in [3.05, 3.63) is 29.6 Å². The molecule has 0 saturated carbocycles. The number of hydrogen-bond donors (Lipinski definition) is 2. The lowest BCUT2D eigenvalue weighted by molar-refractivity contribution is -0.142. The van der Waals surface area contributed by atoms with Gasteiger partial charge in [-0.1, -0.05) is 6.92 Å². The molecule has 0 amide bonds. The first-order chi connectivity index (χ1) is 8.01. The highest BCUT2D eigenvalue weighted by Gasteiger charge is 2.26. The van der Waals surface area contributed by atoms with Crippen LogP contribution in [0, 0.1) is 11.7 Å². The molecule has 1 aromatic rings. The molecular formula is C12H16FNO3. The number of methoxy groups -OCH3 is 1. The fourth-order valence-electron chi connectivity index (χ4n) is 1.77. The van der Waals surface area contributed by atoms with Gasteiger partial charge in [0.1, 0.15) is 11.6 Å². The van der Waals surface area contributed by atoms with E-state index in [4.69, 9.17) is 9.84 Å². The lowest BCUT2D eigenvalue weighted by Gasteiger charge is -2.22. The van der Waals surface area contributed by atoms with E-state index in [2.05, 4.69) is 5.32 Å². The minimum Gasteiger partial charge on any atom is -0.496 e. The number of rotatable bonds is 5. The Morgan fingerprint density at radius 3 is 2.65 bits per heavy atom. The van der Waals surface area contributed by atoms with Crippen molar-refractivity contribution in [2.45, 2.75) is 13.0 Å². The fraction of sp³-hybridized carbons (Fsp3) is 0.417. The summed E-state index contributed by atoms with van der Waals surface area (Å²) in [4.78, 5) is 11.0. The molecule has 94 valence electrons. The Hall–Kier alpha value is -1.62. The number of ether oxygens (including phenoxy) is 1. The van der Waals surface area contributed by atoms with Crippen LogP contribution >= 0.6 is 0 Å². The van der Waals surface area contributed by atoms with Crippen molar-refractivity contribution in [1.29, 1.82) is 0 Å². The summed E-state index contributed by atoms with van der Waals surface area (Å²) in [7, 11) is 3.10. The minimum absolute atomic E-state index is 0.418. The van der Waals surface area contributed by atoms with Crippen molar-refractivity contribution in [3.63, 3.8) is 0 Å². The average Bonchev–Trinajstić information content (AvgIpc) is 2.30. The Kier molecular flexibility index (Phi) is 4.45. The van der Waals surface area contributed by atoms with Crippen LogP contribution in [0.1, 0.15) is 18.5 Å². The summed E-state index contributed by atoms with van der Waals surface area (Å²) in [6, 6.07) is 3.56. The van der Waals surface area contributed by atoms with Crippen LogP contribution in [0.25, 0.3) is 0 Å². The lowest BCUT2D eigenvalue weighted by Crippen LogP contribution is -2.29. The van der Waals surface area contributed by atoms with E-state index in [1.54, 1.807) is 14.0 Å². The Balaban J connectivity index is 3.18. The monoisotopic (exact) mass is 241 g/mol. The second-order valence-corrected chi connectivity index (χ2v) is 3.78. The zero-order valence-electron chi connectivity index (χ0n) is 10.0. The maximum Gasteiger partial charge on any atom is 0.308 e. The molecule has 4 nitrogen and oxygen atoms in total. The Bertz CT molecular complexity index is 409. The average molecular weight is 241 g/mol. The molecule has 2 N–H and O–H groups in total. The number of nitrogens with one attached hydrogen (secondary N) is 1. The first kappa shape index (κ1) is 13.4. The number of hydrogen-bond acceptors (Lipinski definition) is 3. The lowest BCUT2D eigenvalue weighted by atomic mass is 9.94. The molecule has 5 heteroatoms. The van der Waals surface area contributed by atoms with Gasteiger partial charge in [0.05, 0.1) is 13.0 Å². The summed E-state index contributed by atoms with van der Waals surface area (Å²) >= 11 is 0. The van der Waals surface area contributed by atoms with Gasteiger partial charge in [-0.15, -0.1) is 0 Å². The van der Waals surface area contributed by atoms with Crippen LogP contribution in [0.2, 0.25) is 0 Å². The molecule has 0 aliphatic carbocycles. The molecule has 1 aromatic carbocycles. The van der Waals surface area contributed by atoms with Crippen molar-refractivity contribution in [2.24, 2.45) is 5.92 Å². The number of carboxylic acids is 1. The summed E-state index contributed by atoms with van der Waals surface area (Å²) in [5.74, 6) is -1.58. The molecule has 1 rings (SSSR count). The van der Waals surface area contributed by atoms with Crippen molar-refractivity contribution in [3.8, 4) is 5.75 Å². The molecule has 0 radical (unpaired) electrons. The number of halogens is 1. The van der Waals surface area contributed by atoms with E-state index < -0.39 is 23.7 Å². The van der Waals surface area contributed by atoms with Crippen LogP contribution in [-0.2, 0) is 4.79 Å². The van der Waals surface area contributed by atoms with Gasteiger partial charge in [0.25, 0.3) is 0 Å². The van der Waals surface area contributed by atoms with E-state index in [1.807, 2.05) is 0 Å². The molecule has 0 spiro atoms. The fourth-order valence-corrected chi connectivity index (χ4v) is 1.77. The van der Waals surface area contributed by atoms with E-state index in [1.165, 1.54) is 25.3 Å². The Morgan fingerprint density at radius 1 is 1.53 bits per heavy atom. The van der Waals surface area contributed by atoms with Crippen LogP contribution in [0.5, 0.6) is 5.75 Å². The zero-order chi connectivity index (χ0) is 13.0. The maximum absolute atomic E-state index is 13.2. The van der Waals surface area contributed by atoms with Gasteiger partial charge in [-0.25, -0.2) is 4.39 Å². The van der Waals surface area contributed by atoms with E-state index in [-0.39, 0.29) is 0 Å². The summed E-state index contributed by atoms with van der Waals surface area (Å²) in [6.45, 7) is 1.56. The van der Waals surface area contributed by atoms with Crippen LogP contribution in [0.15, 0.2) is 18.2 Å². The van der Waals surface area contributed by atoms with Crippen LogP contribution < -0.4 is 10.1 Å². The number of carboxylic acid groups (broad SMARTS) is 1. The highest BCUT2D eigenvalue weighted by Crippen LogP contribution is 2.30. The summed E-state index contributed by atoms with van der Waals surface area (Å²) < 4.78 is 18.3. The van der Waals surface area contributed by atoms with Gasteiger partial charge in [-0.2, -0.15) is 0 Å². The Labute approximate surface area is 99.4 Å². The number of benzene rings is 1. The molecule has 0 aromatic heterocycles. The topological polar surface area (TPSA) is 58.6 Å². The predicted octanol–water partition coefficient (Wildman–Crippen LogP) is 1.82. The van der Waals surface area contributed by atoms with Crippen molar-refractivity contribution in [1.82, 2.24) is 5.32 Å². The maximum atomic E-state index is 13.2. The second-order valence-electron chi connectivity index (χ2n) is 3.78. The predicted molar refractivity (Wildman–Crippen MR) is 61.6 cm³/mol. The van der Waals surface area contributed by atoms with E-state index in [0.717, 1.165) is 0 Å². The molecular weight excluding hydrogens is 225 g/mol. The van der Waals surface area contributed by atoms with Crippen molar-refractivity contribution < 1.29 is 19.0 Å². The Morgan fingerprint density at radius 2 is 2.18 bits per heavy atom. The van der Waals surface area contributed by atoms with E-state index >= 15 is 0 Å². The largest absolute Gasteiger partial charge is 0.496 e. The highest BCUT2D eigenvalue weighted by atomic mass is 19.1. The van der Waals surface area contributed by atoms with Crippen molar-refractivity contribution >= 4 is 5.97 Å². The number of carbonyl (C=O) groups is 1. The van der Waals surface area contributed by atoms with Gasteiger partial charge in [0.2, 0.25) is 0 Å².